The first-order valence-electron chi connectivity index (χ1n) is 12.9. The van der Waals surface area contributed by atoms with Crippen LogP contribution in [0.2, 0.25) is 0 Å². The molecule has 0 radical (unpaired) electrons. The van der Waals surface area contributed by atoms with Crippen LogP contribution in [0.25, 0.3) is 38.9 Å². The summed E-state index contributed by atoms with van der Waals surface area (Å²) in [6.45, 7) is 0.675. The second-order valence-electron chi connectivity index (χ2n) is 9.47. The molecule has 0 amide bonds. The number of furan rings is 1. The molecule has 0 saturated carbocycles. The zero-order valence-electron chi connectivity index (χ0n) is 20.8. The standard InChI is InChI=1S/C35H26N2O/c1-3-9-25(10-4-1)26-15-17-27(18-16-26)28-19-21-30(22-20-28)37(29-11-5-2-6-12-29)32-23-36-24-34-35(32)31-13-7-8-14-33(31)38-34/h1-23,36H,24H2. The van der Waals surface area contributed by atoms with Gasteiger partial charge in [-0.2, -0.15) is 0 Å². The number of anilines is 2. The molecule has 0 aliphatic carbocycles. The van der Waals surface area contributed by atoms with E-state index in [9.17, 15) is 0 Å². The predicted molar refractivity (Wildman–Crippen MR) is 157 cm³/mol. The summed E-state index contributed by atoms with van der Waals surface area (Å²) in [7, 11) is 0. The minimum Gasteiger partial charge on any atom is -0.458 e. The second kappa shape index (κ2) is 9.45. The molecule has 38 heavy (non-hydrogen) atoms. The van der Waals surface area contributed by atoms with Crippen molar-refractivity contribution in [3.05, 3.63) is 151 Å². The van der Waals surface area contributed by atoms with Crippen LogP contribution in [0.15, 0.2) is 144 Å². The molecule has 3 nitrogen and oxygen atoms in total. The van der Waals surface area contributed by atoms with Crippen molar-refractivity contribution in [1.82, 2.24) is 5.32 Å². The van der Waals surface area contributed by atoms with Gasteiger partial charge in [0.2, 0.25) is 0 Å². The second-order valence-corrected chi connectivity index (χ2v) is 9.47. The van der Waals surface area contributed by atoms with E-state index in [1.165, 1.54) is 22.3 Å². The number of para-hydroxylation sites is 2. The van der Waals surface area contributed by atoms with Crippen molar-refractivity contribution in [3.63, 3.8) is 0 Å². The summed E-state index contributed by atoms with van der Waals surface area (Å²) in [6.07, 6.45) is 2.10. The molecule has 7 rings (SSSR count). The van der Waals surface area contributed by atoms with Crippen LogP contribution in [-0.2, 0) is 6.54 Å². The van der Waals surface area contributed by atoms with Crippen molar-refractivity contribution in [2.24, 2.45) is 0 Å². The Bertz CT molecular complexity index is 1730. The van der Waals surface area contributed by atoms with Gasteiger partial charge in [-0.3, -0.25) is 0 Å². The van der Waals surface area contributed by atoms with Crippen molar-refractivity contribution in [2.75, 3.05) is 4.90 Å². The smallest absolute Gasteiger partial charge is 0.135 e. The lowest BCUT2D eigenvalue weighted by atomic mass is 9.99. The van der Waals surface area contributed by atoms with Gasteiger partial charge < -0.3 is 14.6 Å². The number of nitrogens with zero attached hydrogens (tertiary/aromatic N) is 1. The Morgan fingerprint density at radius 2 is 1.05 bits per heavy atom. The van der Waals surface area contributed by atoms with Crippen molar-refractivity contribution >= 4 is 28.0 Å². The molecule has 0 unspecified atom stereocenters. The number of hydrogen-bond donors (Lipinski definition) is 1. The maximum absolute atomic E-state index is 6.23. The van der Waals surface area contributed by atoms with Gasteiger partial charge in [0.05, 0.1) is 17.8 Å². The van der Waals surface area contributed by atoms with E-state index < -0.39 is 0 Å². The molecule has 3 heteroatoms. The maximum atomic E-state index is 6.23. The molecule has 1 N–H and O–H groups in total. The van der Waals surface area contributed by atoms with Gasteiger partial charge in [0.25, 0.3) is 0 Å². The van der Waals surface area contributed by atoms with Gasteiger partial charge in [-0.15, -0.1) is 0 Å². The van der Waals surface area contributed by atoms with Gasteiger partial charge in [-0.25, -0.2) is 0 Å². The van der Waals surface area contributed by atoms with Crippen LogP contribution in [0.3, 0.4) is 0 Å². The first-order chi connectivity index (χ1) is 18.8. The summed E-state index contributed by atoms with van der Waals surface area (Å²) in [4.78, 5) is 2.30. The molecule has 2 heterocycles. The van der Waals surface area contributed by atoms with Crippen molar-refractivity contribution < 1.29 is 4.42 Å². The molecule has 0 fully saturated rings. The van der Waals surface area contributed by atoms with E-state index in [0.717, 1.165) is 39.4 Å². The zero-order valence-corrected chi connectivity index (χ0v) is 20.8. The van der Waals surface area contributed by atoms with E-state index in [0.29, 0.717) is 6.54 Å². The average Bonchev–Trinajstić information content (AvgIpc) is 3.38. The SMILES string of the molecule is C1=C(N(c2ccccc2)c2ccc(-c3ccc(-c4ccccc4)cc3)cc2)c2c(oc3ccccc23)CN1. The third-order valence-corrected chi connectivity index (χ3v) is 7.13. The van der Waals surface area contributed by atoms with E-state index in [1.807, 2.05) is 18.2 Å². The highest BCUT2D eigenvalue weighted by atomic mass is 16.3. The Morgan fingerprint density at radius 3 is 1.74 bits per heavy atom. The number of nitrogens with one attached hydrogen (secondary N) is 1. The zero-order chi connectivity index (χ0) is 25.3. The van der Waals surface area contributed by atoms with E-state index >= 15 is 0 Å². The summed E-state index contributed by atoms with van der Waals surface area (Å²) in [6, 6.07) is 46.9. The van der Waals surface area contributed by atoms with Crippen molar-refractivity contribution in [2.45, 2.75) is 6.54 Å². The Hall–Kier alpha value is -5.02. The lowest BCUT2D eigenvalue weighted by Crippen LogP contribution is -2.22. The molecule has 0 bridgehead atoms. The molecular formula is C35H26N2O. The van der Waals surface area contributed by atoms with Crippen LogP contribution in [-0.4, -0.2) is 0 Å². The fourth-order valence-electron chi connectivity index (χ4n) is 5.28. The summed E-state index contributed by atoms with van der Waals surface area (Å²) in [5, 5.41) is 4.56. The third-order valence-electron chi connectivity index (χ3n) is 7.13. The molecule has 1 aromatic heterocycles. The van der Waals surface area contributed by atoms with Gasteiger partial charge in [-0.1, -0.05) is 103 Å². The first-order valence-corrected chi connectivity index (χ1v) is 12.9. The van der Waals surface area contributed by atoms with Crippen LogP contribution in [0.4, 0.5) is 11.4 Å². The van der Waals surface area contributed by atoms with Crippen LogP contribution in [0.1, 0.15) is 11.3 Å². The van der Waals surface area contributed by atoms with Gasteiger partial charge in [0, 0.05) is 23.0 Å². The Balaban J connectivity index is 1.27. The van der Waals surface area contributed by atoms with E-state index in [1.54, 1.807) is 0 Å². The lowest BCUT2D eigenvalue weighted by molar-refractivity contribution is 0.531. The highest BCUT2D eigenvalue weighted by molar-refractivity contribution is 5.99. The molecule has 0 atom stereocenters. The van der Waals surface area contributed by atoms with Gasteiger partial charge in [-0.05, 0) is 52.6 Å². The fourth-order valence-corrected chi connectivity index (χ4v) is 5.28. The normalized spacial score (nSPS) is 12.5. The highest BCUT2D eigenvalue weighted by Gasteiger charge is 2.26. The lowest BCUT2D eigenvalue weighted by Gasteiger charge is -2.30. The summed E-state index contributed by atoms with van der Waals surface area (Å²) < 4.78 is 6.23. The minimum absolute atomic E-state index is 0.675. The monoisotopic (exact) mass is 490 g/mol. The van der Waals surface area contributed by atoms with Crippen LogP contribution >= 0.6 is 0 Å². The van der Waals surface area contributed by atoms with Crippen LogP contribution in [0, 0.1) is 0 Å². The molecule has 1 aliphatic rings. The summed E-state index contributed by atoms with van der Waals surface area (Å²) in [5.41, 5.74) is 10.1. The minimum atomic E-state index is 0.675. The molecule has 1 aliphatic heterocycles. The molecular weight excluding hydrogens is 464 g/mol. The van der Waals surface area contributed by atoms with Gasteiger partial charge >= 0.3 is 0 Å². The van der Waals surface area contributed by atoms with Crippen molar-refractivity contribution in [1.29, 1.82) is 0 Å². The number of benzene rings is 5. The largest absolute Gasteiger partial charge is 0.458 e. The fraction of sp³-hybridized carbons (Fsp3) is 0.0286. The van der Waals surface area contributed by atoms with E-state index in [4.69, 9.17) is 4.42 Å². The van der Waals surface area contributed by atoms with Crippen LogP contribution < -0.4 is 10.2 Å². The number of fused-ring (bicyclic) bond motifs is 3. The van der Waals surface area contributed by atoms with Crippen LogP contribution in [0.5, 0.6) is 0 Å². The Morgan fingerprint density at radius 1 is 0.526 bits per heavy atom. The summed E-state index contributed by atoms with van der Waals surface area (Å²) >= 11 is 0. The number of hydrogen-bond acceptors (Lipinski definition) is 3. The molecule has 182 valence electrons. The third kappa shape index (κ3) is 3.95. The van der Waals surface area contributed by atoms with E-state index in [-0.39, 0.29) is 0 Å². The Labute approximate surface area is 222 Å². The van der Waals surface area contributed by atoms with E-state index in [2.05, 4.69) is 132 Å². The first kappa shape index (κ1) is 22.2. The average molecular weight is 491 g/mol. The molecule has 6 aromatic rings. The topological polar surface area (TPSA) is 28.4 Å². The quantitative estimate of drug-likeness (QED) is 0.261. The van der Waals surface area contributed by atoms with Gasteiger partial charge in [0.1, 0.15) is 11.3 Å². The van der Waals surface area contributed by atoms with Gasteiger partial charge in [0.15, 0.2) is 0 Å². The maximum Gasteiger partial charge on any atom is 0.135 e. The predicted octanol–water partition coefficient (Wildman–Crippen LogP) is 9.01. The number of rotatable bonds is 5. The summed E-state index contributed by atoms with van der Waals surface area (Å²) in [5.74, 6) is 0.958. The Kier molecular flexibility index (Phi) is 5.52. The van der Waals surface area contributed by atoms with Crippen molar-refractivity contribution in [3.8, 4) is 22.3 Å². The highest BCUT2D eigenvalue weighted by Crippen LogP contribution is 2.41. The molecule has 0 spiro atoms. The molecule has 5 aromatic carbocycles. The molecule has 0 saturated heterocycles.